The van der Waals surface area contributed by atoms with Gasteiger partial charge in [-0.1, -0.05) is 12.1 Å². The lowest BCUT2D eigenvalue weighted by Crippen LogP contribution is -2.04. The van der Waals surface area contributed by atoms with Gasteiger partial charge in [0.15, 0.2) is 0 Å². The number of fused-ring (bicyclic) bond motifs is 1. The molecule has 5 heteroatoms. The normalized spacial score (nSPS) is 11.0. The second kappa shape index (κ2) is 5.97. The van der Waals surface area contributed by atoms with Crippen molar-refractivity contribution >= 4 is 17.0 Å². The molecule has 0 spiro atoms. The van der Waals surface area contributed by atoms with Gasteiger partial charge in [0.2, 0.25) is 0 Å². The number of benzene rings is 2. The van der Waals surface area contributed by atoms with E-state index in [1.165, 1.54) is 12.1 Å². The van der Waals surface area contributed by atoms with Crippen LogP contribution in [0.3, 0.4) is 0 Å². The summed E-state index contributed by atoms with van der Waals surface area (Å²) in [6.07, 6.45) is 0.624. The van der Waals surface area contributed by atoms with Crippen molar-refractivity contribution in [1.82, 2.24) is 9.55 Å². The van der Waals surface area contributed by atoms with E-state index in [-0.39, 0.29) is 12.2 Å². The number of imidazole rings is 1. The Kier molecular flexibility index (Phi) is 3.87. The van der Waals surface area contributed by atoms with Crippen LogP contribution in [0.4, 0.5) is 4.39 Å². The maximum absolute atomic E-state index is 13.1. The van der Waals surface area contributed by atoms with Crippen molar-refractivity contribution in [2.45, 2.75) is 19.4 Å². The van der Waals surface area contributed by atoms with Gasteiger partial charge < -0.3 is 9.67 Å². The first-order chi connectivity index (χ1) is 10.6. The summed E-state index contributed by atoms with van der Waals surface area (Å²) in [4.78, 5) is 15.3. The monoisotopic (exact) mass is 298 g/mol. The molecule has 0 aliphatic carbocycles. The van der Waals surface area contributed by atoms with Gasteiger partial charge in [-0.05, 0) is 42.8 Å². The maximum atomic E-state index is 13.1. The predicted molar refractivity (Wildman–Crippen MR) is 82.0 cm³/mol. The van der Waals surface area contributed by atoms with Crippen LogP contribution in [0.1, 0.15) is 12.8 Å². The zero-order valence-electron chi connectivity index (χ0n) is 11.9. The summed E-state index contributed by atoms with van der Waals surface area (Å²) in [7, 11) is 0. The molecule has 0 amide bonds. The summed E-state index contributed by atoms with van der Waals surface area (Å²) in [5, 5.41) is 8.81. The first kappa shape index (κ1) is 14.3. The van der Waals surface area contributed by atoms with E-state index in [1.807, 2.05) is 28.8 Å². The van der Waals surface area contributed by atoms with Crippen molar-refractivity contribution in [1.29, 1.82) is 0 Å². The van der Waals surface area contributed by atoms with Crippen LogP contribution in [0.5, 0.6) is 0 Å². The number of hydrogen-bond donors (Lipinski definition) is 1. The highest BCUT2D eigenvalue weighted by molar-refractivity contribution is 5.80. The van der Waals surface area contributed by atoms with Crippen LogP contribution in [-0.2, 0) is 11.3 Å². The van der Waals surface area contributed by atoms with Crippen molar-refractivity contribution in [2.75, 3.05) is 0 Å². The fourth-order valence-corrected chi connectivity index (χ4v) is 2.51. The number of aryl methyl sites for hydroxylation is 1. The third-order valence-corrected chi connectivity index (χ3v) is 3.53. The molecule has 3 aromatic rings. The zero-order chi connectivity index (χ0) is 15.5. The van der Waals surface area contributed by atoms with E-state index >= 15 is 0 Å². The standard InChI is InChI=1S/C17H15FN2O2/c18-13-9-7-12(8-10-13)17-19-14-4-1-2-5-15(14)20(17)11-3-6-16(21)22/h1-2,4-5,7-10H,3,6,11H2,(H,21,22). The molecule has 0 radical (unpaired) electrons. The number of nitrogens with zero attached hydrogens (tertiary/aromatic N) is 2. The molecule has 0 bridgehead atoms. The number of aromatic nitrogens is 2. The molecule has 1 N–H and O–H groups in total. The number of aliphatic carboxylic acids is 1. The number of carboxylic acids is 1. The van der Waals surface area contributed by atoms with Gasteiger partial charge in [-0.15, -0.1) is 0 Å². The Balaban J connectivity index is 2.04. The molecule has 0 aliphatic rings. The molecular weight excluding hydrogens is 283 g/mol. The third kappa shape index (κ3) is 2.83. The molecule has 0 unspecified atom stereocenters. The fourth-order valence-electron chi connectivity index (χ4n) is 2.51. The lowest BCUT2D eigenvalue weighted by molar-refractivity contribution is -0.137. The molecular formula is C17H15FN2O2. The average molecular weight is 298 g/mol. The van der Waals surface area contributed by atoms with Crippen LogP contribution in [0.15, 0.2) is 48.5 Å². The van der Waals surface area contributed by atoms with Crippen LogP contribution in [-0.4, -0.2) is 20.6 Å². The van der Waals surface area contributed by atoms with Crippen molar-refractivity contribution in [3.63, 3.8) is 0 Å². The zero-order valence-corrected chi connectivity index (χ0v) is 11.9. The average Bonchev–Trinajstić information content (AvgIpc) is 2.87. The topological polar surface area (TPSA) is 55.1 Å². The van der Waals surface area contributed by atoms with Gasteiger partial charge in [-0.3, -0.25) is 4.79 Å². The van der Waals surface area contributed by atoms with Gasteiger partial charge in [0.05, 0.1) is 11.0 Å². The highest BCUT2D eigenvalue weighted by atomic mass is 19.1. The number of rotatable bonds is 5. The minimum Gasteiger partial charge on any atom is -0.481 e. The number of carbonyl (C=O) groups is 1. The summed E-state index contributed by atoms with van der Waals surface area (Å²) >= 11 is 0. The van der Waals surface area contributed by atoms with Crippen LogP contribution in [0.2, 0.25) is 0 Å². The van der Waals surface area contributed by atoms with Crippen molar-refractivity contribution in [2.24, 2.45) is 0 Å². The Hall–Kier alpha value is -2.69. The minimum atomic E-state index is -0.812. The van der Waals surface area contributed by atoms with E-state index in [1.54, 1.807) is 12.1 Å². The molecule has 0 saturated carbocycles. The lowest BCUT2D eigenvalue weighted by atomic mass is 10.2. The van der Waals surface area contributed by atoms with Gasteiger partial charge in [0, 0.05) is 18.5 Å². The highest BCUT2D eigenvalue weighted by Gasteiger charge is 2.12. The fraction of sp³-hybridized carbons (Fsp3) is 0.176. The molecule has 2 aromatic carbocycles. The van der Waals surface area contributed by atoms with E-state index in [2.05, 4.69) is 4.98 Å². The third-order valence-electron chi connectivity index (χ3n) is 3.53. The molecule has 22 heavy (non-hydrogen) atoms. The van der Waals surface area contributed by atoms with E-state index in [9.17, 15) is 9.18 Å². The SMILES string of the molecule is O=C(O)CCCn1c(-c2ccc(F)cc2)nc2ccccc21. The van der Waals surface area contributed by atoms with Crippen LogP contribution in [0.25, 0.3) is 22.4 Å². The van der Waals surface area contributed by atoms with Crippen LogP contribution < -0.4 is 0 Å². The maximum Gasteiger partial charge on any atom is 0.303 e. The molecule has 0 aliphatic heterocycles. The van der Waals surface area contributed by atoms with Gasteiger partial charge in [-0.25, -0.2) is 9.37 Å². The van der Waals surface area contributed by atoms with Crippen molar-refractivity contribution in [3.05, 3.63) is 54.3 Å². The Labute approximate surface area is 126 Å². The molecule has 112 valence electrons. The van der Waals surface area contributed by atoms with E-state index in [4.69, 9.17) is 5.11 Å². The molecule has 1 heterocycles. The van der Waals surface area contributed by atoms with Gasteiger partial charge in [0.25, 0.3) is 0 Å². The van der Waals surface area contributed by atoms with Gasteiger partial charge in [0.1, 0.15) is 11.6 Å². The number of halogens is 1. The van der Waals surface area contributed by atoms with Crippen LogP contribution >= 0.6 is 0 Å². The lowest BCUT2D eigenvalue weighted by Gasteiger charge is -2.08. The highest BCUT2D eigenvalue weighted by Crippen LogP contribution is 2.25. The number of carboxylic acid groups (broad SMARTS) is 1. The molecule has 0 atom stereocenters. The predicted octanol–water partition coefficient (Wildman–Crippen LogP) is 3.71. The summed E-state index contributed by atoms with van der Waals surface area (Å²) in [5.41, 5.74) is 2.61. The Morgan fingerprint density at radius 2 is 1.86 bits per heavy atom. The Morgan fingerprint density at radius 3 is 2.59 bits per heavy atom. The summed E-state index contributed by atoms with van der Waals surface area (Å²) in [5.74, 6) is -0.378. The van der Waals surface area contributed by atoms with E-state index in [0.717, 1.165) is 22.4 Å². The number of para-hydroxylation sites is 2. The van der Waals surface area contributed by atoms with Crippen molar-refractivity contribution in [3.8, 4) is 11.4 Å². The second-order valence-electron chi connectivity index (χ2n) is 5.08. The van der Waals surface area contributed by atoms with Gasteiger partial charge >= 0.3 is 5.97 Å². The minimum absolute atomic E-state index is 0.107. The van der Waals surface area contributed by atoms with Crippen LogP contribution in [0, 0.1) is 5.82 Å². The smallest absolute Gasteiger partial charge is 0.303 e. The molecule has 0 fully saturated rings. The second-order valence-corrected chi connectivity index (χ2v) is 5.08. The largest absolute Gasteiger partial charge is 0.481 e. The molecule has 0 saturated heterocycles. The number of hydrogen-bond acceptors (Lipinski definition) is 2. The molecule has 1 aromatic heterocycles. The summed E-state index contributed by atoms with van der Waals surface area (Å²) in [6, 6.07) is 13.9. The van der Waals surface area contributed by atoms with Gasteiger partial charge in [-0.2, -0.15) is 0 Å². The van der Waals surface area contributed by atoms with E-state index < -0.39 is 5.97 Å². The molecule has 3 rings (SSSR count). The summed E-state index contributed by atoms with van der Waals surface area (Å²) in [6.45, 7) is 0.555. The molecule has 4 nitrogen and oxygen atoms in total. The Morgan fingerprint density at radius 1 is 1.14 bits per heavy atom. The first-order valence-electron chi connectivity index (χ1n) is 7.08. The van der Waals surface area contributed by atoms with E-state index in [0.29, 0.717) is 13.0 Å². The first-order valence-corrected chi connectivity index (χ1v) is 7.08. The van der Waals surface area contributed by atoms with Crippen molar-refractivity contribution < 1.29 is 14.3 Å². The summed E-state index contributed by atoms with van der Waals surface area (Å²) < 4.78 is 15.1. The quantitative estimate of drug-likeness (QED) is 0.781. The Bertz CT molecular complexity index is 809.